The van der Waals surface area contributed by atoms with Gasteiger partial charge in [-0.3, -0.25) is 4.98 Å². The summed E-state index contributed by atoms with van der Waals surface area (Å²) >= 11 is 1.67. The van der Waals surface area contributed by atoms with Crippen molar-refractivity contribution in [3.05, 3.63) is 42.4 Å². The smallest absolute Gasteiger partial charge is 0.144 e. The fraction of sp³-hybridized carbons (Fsp3) is 0.231. The van der Waals surface area contributed by atoms with Gasteiger partial charge in [-0.25, -0.2) is 4.98 Å². The molecule has 0 saturated carbocycles. The number of nitrogens with zero attached hydrogens (tertiary/aromatic N) is 2. The number of nitrogens with one attached hydrogen (secondary N) is 1. The van der Waals surface area contributed by atoms with Gasteiger partial charge in [-0.05, 0) is 18.4 Å². The highest BCUT2D eigenvalue weighted by molar-refractivity contribution is 7.98. The van der Waals surface area contributed by atoms with Gasteiger partial charge in [-0.2, -0.15) is 0 Å². The summed E-state index contributed by atoms with van der Waals surface area (Å²) in [5, 5.41) is 2.93. The first-order chi connectivity index (χ1) is 8.83. The van der Waals surface area contributed by atoms with Gasteiger partial charge in [0.05, 0.1) is 18.1 Å². The zero-order chi connectivity index (χ0) is 12.8. The molecule has 0 saturated heterocycles. The first-order valence-electron chi connectivity index (χ1n) is 5.58. The van der Waals surface area contributed by atoms with E-state index in [1.807, 2.05) is 37.6 Å². The van der Waals surface area contributed by atoms with Crippen LogP contribution in [-0.4, -0.2) is 23.3 Å². The maximum absolute atomic E-state index is 5.74. The minimum Gasteiger partial charge on any atom is -0.486 e. The predicted molar refractivity (Wildman–Crippen MR) is 74.1 cm³/mol. The third kappa shape index (κ3) is 3.13. The Balaban J connectivity index is 2.02. The largest absolute Gasteiger partial charge is 0.486 e. The first kappa shape index (κ1) is 12.7. The van der Waals surface area contributed by atoms with E-state index in [4.69, 9.17) is 4.74 Å². The number of benzene rings is 1. The summed E-state index contributed by atoms with van der Waals surface area (Å²) < 4.78 is 5.74. The topological polar surface area (TPSA) is 47.0 Å². The van der Waals surface area contributed by atoms with Crippen molar-refractivity contribution in [2.45, 2.75) is 11.5 Å². The number of thioether (sulfide) groups is 1. The van der Waals surface area contributed by atoms with Crippen molar-refractivity contribution in [1.82, 2.24) is 9.97 Å². The van der Waals surface area contributed by atoms with Crippen LogP contribution in [0.1, 0.15) is 5.69 Å². The lowest BCUT2D eigenvalue weighted by Gasteiger charge is -2.09. The molecule has 0 amide bonds. The van der Waals surface area contributed by atoms with E-state index >= 15 is 0 Å². The lowest BCUT2D eigenvalue weighted by molar-refractivity contribution is 0.293. The van der Waals surface area contributed by atoms with Crippen molar-refractivity contribution in [2.75, 3.05) is 18.6 Å². The quantitative estimate of drug-likeness (QED) is 0.839. The number of hydrogen-bond donors (Lipinski definition) is 1. The number of para-hydroxylation sites is 1. The van der Waals surface area contributed by atoms with Gasteiger partial charge in [0.15, 0.2) is 0 Å². The molecule has 18 heavy (non-hydrogen) atoms. The molecule has 4 nitrogen and oxygen atoms in total. The Morgan fingerprint density at radius 2 is 2.06 bits per heavy atom. The summed E-state index contributed by atoms with van der Waals surface area (Å²) in [5.41, 5.74) is 0.810. The molecule has 1 aromatic heterocycles. The molecule has 0 unspecified atom stereocenters. The van der Waals surface area contributed by atoms with Crippen LogP contribution in [0.25, 0.3) is 0 Å². The summed E-state index contributed by atoms with van der Waals surface area (Å²) in [7, 11) is 1.81. The normalized spacial score (nSPS) is 10.1. The minimum atomic E-state index is 0.425. The number of ether oxygens (including phenoxy) is 1. The van der Waals surface area contributed by atoms with E-state index in [9.17, 15) is 0 Å². The summed E-state index contributed by atoms with van der Waals surface area (Å²) in [6.45, 7) is 0.425. The van der Waals surface area contributed by atoms with E-state index in [0.717, 1.165) is 22.2 Å². The molecule has 0 aliphatic heterocycles. The first-order valence-corrected chi connectivity index (χ1v) is 6.80. The monoisotopic (exact) mass is 261 g/mol. The second-order valence-corrected chi connectivity index (χ2v) is 4.43. The van der Waals surface area contributed by atoms with Crippen LogP contribution in [0.2, 0.25) is 0 Å². The maximum Gasteiger partial charge on any atom is 0.144 e. The van der Waals surface area contributed by atoms with Crippen molar-refractivity contribution in [3.8, 4) is 5.75 Å². The third-order valence-corrected chi connectivity index (χ3v) is 3.18. The van der Waals surface area contributed by atoms with Gasteiger partial charge in [0, 0.05) is 11.9 Å². The Hall–Kier alpha value is -1.75. The SMILES string of the molecule is CNc1cnc(COc2ccccc2SC)cn1. The molecular formula is C13H15N3OS. The van der Waals surface area contributed by atoms with Crippen molar-refractivity contribution in [1.29, 1.82) is 0 Å². The lowest BCUT2D eigenvalue weighted by atomic mass is 10.3. The highest BCUT2D eigenvalue weighted by Crippen LogP contribution is 2.27. The molecule has 0 radical (unpaired) electrons. The Morgan fingerprint density at radius 1 is 1.22 bits per heavy atom. The van der Waals surface area contributed by atoms with Crippen LogP contribution >= 0.6 is 11.8 Å². The molecule has 0 atom stereocenters. The van der Waals surface area contributed by atoms with E-state index in [2.05, 4.69) is 15.3 Å². The fourth-order valence-corrected chi connectivity index (χ4v) is 1.99. The standard InChI is InChI=1S/C13H15N3OS/c1-14-13-8-15-10(7-16-13)9-17-11-5-3-4-6-12(11)18-2/h3-8H,9H2,1-2H3,(H,14,16). The molecule has 1 aromatic carbocycles. The molecule has 0 fully saturated rings. The molecule has 0 bridgehead atoms. The molecule has 0 aliphatic carbocycles. The molecule has 1 N–H and O–H groups in total. The third-order valence-electron chi connectivity index (χ3n) is 2.41. The number of anilines is 1. The van der Waals surface area contributed by atoms with Gasteiger partial charge >= 0.3 is 0 Å². The molecule has 2 aromatic rings. The maximum atomic E-state index is 5.74. The average Bonchev–Trinajstić information content (AvgIpc) is 2.46. The number of aromatic nitrogens is 2. The molecule has 1 heterocycles. The molecule has 94 valence electrons. The fourth-order valence-electron chi connectivity index (χ4n) is 1.45. The Kier molecular flexibility index (Phi) is 4.41. The summed E-state index contributed by atoms with van der Waals surface area (Å²) in [6, 6.07) is 7.96. The van der Waals surface area contributed by atoms with Crippen LogP contribution in [-0.2, 0) is 6.61 Å². The average molecular weight is 261 g/mol. The highest BCUT2D eigenvalue weighted by Gasteiger charge is 2.03. The van der Waals surface area contributed by atoms with Gasteiger partial charge in [-0.15, -0.1) is 11.8 Å². The zero-order valence-corrected chi connectivity index (χ0v) is 11.2. The molecule has 5 heteroatoms. The van der Waals surface area contributed by atoms with Crippen molar-refractivity contribution < 1.29 is 4.74 Å². The van der Waals surface area contributed by atoms with Crippen molar-refractivity contribution in [2.24, 2.45) is 0 Å². The number of hydrogen-bond acceptors (Lipinski definition) is 5. The molecule has 0 spiro atoms. The Morgan fingerprint density at radius 3 is 2.72 bits per heavy atom. The van der Waals surface area contributed by atoms with E-state index in [0.29, 0.717) is 6.61 Å². The summed E-state index contributed by atoms with van der Waals surface area (Å²) in [5.74, 6) is 1.63. The Bertz CT molecular complexity index is 502. The second kappa shape index (κ2) is 6.26. The van der Waals surface area contributed by atoms with Gasteiger partial charge < -0.3 is 10.1 Å². The zero-order valence-electron chi connectivity index (χ0n) is 10.4. The van der Waals surface area contributed by atoms with E-state index in [-0.39, 0.29) is 0 Å². The lowest BCUT2D eigenvalue weighted by Crippen LogP contribution is -2.01. The van der Waals surface area contributed by atoms with Crippen LogP contribution in [0.5, 0.6) is 5.75 Å². The predicted octanol–water partition coefficient (Wildman–Crippen LogP) is 2.82. The number of rotatable bonds is 5. The summed E-state index contributed by atoms with van der Waals surface area (Å²) in [4.78, 5) is 9.58. The van der Waals surface area contributed by atoms with Gasteiger partial charge in [0.2, 0.25) is 0 Å². The van der Waals surface area contributed by atoms with Gasteiger partial charge in [0.1, 0.15) is 18.2 Å². The van der Waals surface area contributed by atoms with Crippen LogP contribution in [0, 0.1) is 0 Å². The van der Waals surface area contributed by atoms with Crippen LogP contribution in [0.15, 0.2) is 41.6 Å². The summed E-state index contributed by atoms with van der Waals surface area (Å²) in [6.07, 6.45) is 5.44. The van der Waals surface area contributed by atoms with Crippen LogP contribution in [0.3, 0.4) is 0 Å². The molecule has 2 rings (SSSR count). The van der Waals surface area contributed by atoms with Gasteiger partial charge in [-0.1, -0.05) is 12.1 Å². The van der Waals surface area contributed by atoms with Gasteiger partial charge in [0.25, 0.3) is 0 Å². The molecule has 0 aliphatic rings. The minimum absolute atomic E-state index is 0.425. The van der Waals surface area contributed by atoms with E-state index in [1.165, 1.54) is 0 Å². The second-order valence-electron chi connectivity index (χ2n) is 3.58. The van der Waals surface area contributed by atoms with E-state index < -0.39 is 0 Å². The highest BCUT2D eigenvalue weighted by atomic mass is 32.2. The van der Waals surface area contributed by atoms with Crippen molar-refractivity contribution >= 4 is 17.6 Å². The molecular weight excluding hydrogens is 246 g/mol. The van der Waals surface area contributed by atoms with Crippen molar-refractivity contribution in [3.63, 3.8) is 0 Å². The van der Waals surface area contributed by atoms with Crippen LogP contribution in [0.4, 0.5) is 5.82 Å². The van der Waals surface area contributed by atoms with Crippen LogP contribution < -0.4 is 10.1 Å². The van der Waals surface area contributed by atoms with E-state index in [1.54, 1.807) is 24.2 Å². The Labute approximate surface area is 111 Å².